The average molecular weight is 811 g/mol. The van der Waals surface area contributed by atoms with E-state index in [1.807, 2.05) is 6.08 Å². The molecule has 0 radical (unpaired) electrons. The number of nitrogens with one attached hydrogen (secondary N) is 2. The first-order valence-electron chi connectivity index (χ1n) is 20.0. The van der Waals surface area contributed by atoms with Gasteiger partial charge in [0, 0.05) is 95.5 Å². The van der Waals surface area contributed by atoms with Crippen LogP contribution in [0.2, 0.25) is 0 Å². The number of benzene rings is 5. The number of esters is 1. The van der Waals surface area contributed by atoms with E-state index in [4.69, 9.17) is 23.7 Å². The Kier molecular flexibility index (Phi) is 11.7. The number of phenolic OH excluding ortho intramolecular Hbond substituents is 1. The van der Waals surface area contributed by atoms with E-state index in [9.17, 15) is 29.4 Å². The zero-order valence-electron chi connectivity index (χ0n) is 34.2. The summed E-state index contributed by atoms with van der Waals surface area (Å²) in [5, 5.41) is 30.7. The van der Waals surface area contributed by atoms with Gasteiger partial charge >= 0.3 is 11.9 Å². The molecule has 59 heavy (non-hydrogen) atoms. The number of carboxylic acids is 1. The molecular formula is C45H50N2O12. The number of ether oxygens (including phenoxy) is 5. The number of anilines is 2. The van der Waals surface area contributed by atoms with Crippen molar-refractivity contribution in [3.63, 3.8) is 0 Å². The number of ketones is 1. The van der Waals surface area contributed by atoms with Crippen LogP contribution in [0.1, 0.15) is 75.8 Å². The SMILES string of the molecule is COCCCOC(=O)C1CCC(CNc2c3c4c5c(c(OC)c(=O)c6c(O)cc(OC)c(c7c(OC)cc(NCCCC(=O)O)c(c2=O)c74)c65)C(C(C)=O)C(C)=C3)CC1. The Labute approximate surface area is 340 Å². The molecule has 2 aliphatic carbocycles. The Balaban J connectivity index is 1.51. The highest BCUT2D eigenvalue weighted by atomic mass is 16.5. The van der Waals surface area contributed by atoms with Gasteiger partial charge in [-0.15, -0.1) is 0 Å². The van der Waals surface area contributed by atoms with Crippen LogP contribution >= 0.6 is 0 Å². The Morgan fingerprint density at radius 3 is 2.08 bits per heavy atom. The number of carboxylic acid groups (broad SMARTS) is 1. The minimum absolute atomic E-state index is 0.0318. The number of fused-ring (bicyclic) bond motifs is 1. The van der Waals surface area contributed by atoms with Gasteiger partial charge in [0.15, 0.2) is 5.75 Å². The summed E-state index contributed by atoms with van der Waals surface area (Å²) in [6, 6.07) is 3.04. The molecule has 312 valence electrons. The van der Waals surface area contributed by atoms with Crippen molar-refractivity contribution in [2.45, 2.75) is 64.7 Å². The van der Waals surface area contributed by atoms with Crippen LogP contribution in [-0.2, 0) is 23.9 Å². The van der Waals surface area contributed by atoms with Gasteiger partial charge in [0.25, 0.3) is 0 Å². The largest absolute Gasteiger partial charge is 0.507 e. The molecule has 1 unspecified atom stereocenters. The first kappa shape index (κ1) is 41.3. The Morgan fingerprint density at radius 1 is 0.780 bits per heavy atom. The Morgan fingerprint density at radius 2 is 1.46 bits per heavy atom. The maximum atomic E-state index is 15.3. The normalized spacial score (nSPS) is 17.7. The minimum Gasteiger partial charge on any atom is -0.507 e. The molecule has 4 N–H and O–H groups in total. The predicted octanol–water partition coefficient (Wildman–Crippen LogP) is 6.79. The second-order valence-electron chi connectivity index (χ2n) is 15.6. The lowest BCUT2D eigenvalue weighted by atomic mass is 9.80. The maximum Gasteiger partial charge on any atom is 0.308 e. The lowest BCUT2D eigenvalue weighted by molar-refractivity contribution is -0.150. The van der Waals surface area contributed by atoms with Gasteiger partial charge in [-0.05, 0) is 57.3 Å². The second-order valence-corrected chi connectivity index (χ2v) is 15.6. The van der Waals surface area contributed by atoms with Gasteiger partial charge in [-0.1, -0.05) is 11.6 Å². The third-order valence-corrected chi connectivity index (χ3v) is 12.0. The molecule has 0 saturated heterocycles. The van der Waals surface area contributed by atoms with E-state index in [-0.39, 0.29) is 82.1 Å². The molecule has 1 saturated carbocycles. The summed E-state index contributed by atoms with van der Waals surface area (Å²) in [4.78, 5) is 67.8. The number of rotatable bonds is 17. The van der Waals surface area contributed by atoms with E-state index < -0.39 is 17.3 Å². The number of hydrogen-bond donors (Lipinski definition) is 4. The molecule has 1 atom stereocenters. The van der Waals surface area contributed by atoms with Crippen LogP contribution in [0.3, 0.4) is 0 Å². The molecule has 2 aliphatic rings. The summed E-state index contributed by atoms with van der Waals surface area (Å²) >= 11 is 0. The first-order chi connectivity index (χ1) is 28.4. The molecular weight excluding hydrogens is 760 g/mol. The fourth-order valence-electron chi connectivity index (χ4n) is 9.40. The number of methoxy groups -OCH3 is 4. The van der Waals surface area contributed by atoms with E-state index >= 15 is 4.79 Å². The van der Waals surface area contributed by atoms with Crippen molar-refractivity contribution in [1.82, 2.24) is 0 Å². The Bertz CT molecular complexity index is 2630. The maximum absolute atomic E-state index is 15.3. The zero-order chi connectivity index (χ0) is 42.3. The number of allylic oxidation sites excluding steroid dienone is 1. The van der Waals surface area contributed by atoms with E-state index in [0.29, 0.717) is 99.5 Å². The molecule has 1 fully saturated rings. The second kappa shape index (κ2) is 16.8. The molecule has 0 spiro atoms. The summed E-state index contributed by atoms with van der Waals surface area (Å²) in [6.45, 7) is 4.70. The lowest BCUT2D eigenvalue weighted by Crippen LogP contribution is -2.28. The van der Waals surface area contributed by atoms with Crippen LogP contribution in [0, 0.1) is 11.8 Å². The van der Waals surface area contributed by atoms with Crippen LogP contribution in [0.15, 0.2) is 27.3 Å². The predicted molar refractivity (Wildman–Crippen MR) is 227 cm³/mol. The highest BCUT2D eigenvalue weighted by Crippen LogP contribution is 2.56. The van der Waals surface area contributed by atoms with Gasteiger partial charge in [0.05, 0.1) is 56.2 Å². The number of carbonyl (C=O) groups excluding carboxylic acids is 2. The summed E-state index contributed by atoms with van der Waals surface area (Å²) in [5.74, 6) is -2.33. The zero-order valence-corrected chi connectivity index (χ0v) is 34.2. The smallest absolute Gasteiger partial charge is 0.308 e. The Hall–Kier alpha value is -5.89. The monoisotopic (exact) mass is 810 g/mol. The van der Waals surface area contributed by atoms with Gasteiger partial charge in [0.2, 0.25) is 10.9 Å². The van der Waals surface area contributed by atoms with Crippen LogP contribution in [0.4, 0.5) is 11.4 Å². The van der Waals surface area contributed by atoms with E-state index in [1.54, 1.807) is 20.1 Å². The number of phenols is 1. The van der Waals surface area contributed by atoms with E-state index in [2.05, 4.69) is 10.6 Å². The van der Waals surface area contributed by atoms with Gasteiger partial charge in [-0.2, -0.15) is 0 Å². The number of hydrogen-bond acceptors (Lipinski definition) is 13. The van der Waals surface area contributed by atoms with Crippen molar-refractivity contribution in [3.8, 4) is 23.0 Å². The number of carbonyl (C=O) groups is 3. The van der Waals surface area contributed by atoms with Gasteiger partial charge in [-0.25, -0.2) is 0 Å². The third-order valence-electron chi connectivity index (χ3n) is 12.0. The van der Waals surface area contributed by atoms with Crippen LogP contribution in [0.5, 0.6) is 23.0 Å². The molecule has 0 aromatic heterocycles. The summed E-state index contributed by atoms with van der Waals surface area (Å²) in [5.41, 5.74) is 1.14. The van der Waals surface area contributed by atoms with Gasteiger partial charge < -0.3 is 44.5 Å². The van der Waals surface area contributed by atoms with Gasteiger partial charge in [0.1, 0.15) is 23.0 Å². The highest BCUT2D eigenvalue weighted by molar-refractivity contribution is 6.40. The number of Topliss-reactive ketones (excluding diaryl/α,β-unsaturated/α-hetero) is 1. The molecule has 14 heteroatoms. The molecule has 0 bridgehead atoms. The molecule has 5 aromatic carbocycles. The number of aliphatic carboxylic acids is 1. The van der Waals surface area contributed by atoms with E-state index in [0.717, 1.165) is 12.8 Å². The standard InChI is InChI=1S/C45H50N2O12/c1-21-17-25-32-37-33(42(52)41(25)47-20-23-10-12-24(13-11-23)45(54)59-16-8-15-55-3)26(46-14-7-9-30(50)51)18-28(56-4)35(37)36-29(57-5)19-27(49)34-39(36)38(32)40(31(21)22(2)48)44(58-6)43(34)53/h17-19,23-24,31,46-47,49H,7-16,20H2,1-6H3,(H,50,51). The van der Waals surface area contributed by atoms with Crippen molar-refractivity contribution in [1.29, 1.82) is 0 Å². The van der Waals surface area contributed by atoms with Crippen molar-refractivity contribution in [2.24, 2.45) is 11.8 Å². The average Bonchev–Trinajstić information content (AvgIpc) is 3.34. The van der Waals surface area contributed by atoms with Crippen molar-refractivity contribution in [2.75, 3.05) is 65.4 Å². The molecule has 0 amide bonds. The van der Waals surface area contributed by atoms with Crippen LogP contribution in [0.25, 0.3) is 49.2 Å². The highest BCUT2D eigenvalue weighted by Gasteiger charge is 2.37. The quantitative estimate of drug-likeness (QED) is 0.0332. The third kappa shape index (κ3) is 7.06. The fourth-order valence-corrected chi connectivity index (χ4v) is 9.40. The molecule has 0 aliphatic heterocycles. The summed E-state index contributed by atoms with van der Waals surface area (Å²) in [6.07, 6.45) is 5.39. The van der Waals surface area contributed by atoms with Crippen LogP contribution < -0.4 is 35.7 Å². The molecule has 14 nitrogen and oxygen atoms in total. The lowest BCUT2D eigenvalue weighted by Gasteiger charge is -2.28. The molecule has 5 aromatic rings. The minimum atomic E-state index is -0.950. The first-order valence-corrected chi connectivity index (χ1v) is 20.0. The topological polar surface area (TPSA) is 196 Å². The molecule has 0 heterocycles. The fraction of sp³-hybridized carbons (Fsp3) is 0.444. The van der Waals surface area contributed by atoms with Crippen LogP contribution in [-0.4, -0.2) is 82.7 Å². The van der Waals surface area contributed by atoms with Crippen molar-refractivity contribution < 1.29 is 48.3 Å². The summed E-state index contributed by atoms with van der Waals surface area (Å²) < 4.78 is 28.3. The van der Waals surface area contributed by atoms with E-state index in [1.165, 1.54) is 34.3 Å². The van der Waals surface area contributed by atoms with Crippen molar-refractivity contribution >= 4 is 78.3 Å². The van der Waals surface area contributed by atoms with Gasteiger partial charge in [-0.3, -0.25) is 24.0 Å². The number of aromatic hydroxyl groups is 1. The van der Waals surface area contributed by atoms with Crippen molar-refractivity contribution in [3.05, 3.63) is 49.3 Å². The molecule has 7 rings (SSSR count). The summed E-state index contributed by atoms with van der Waals surface area (Å²) in [7, 11) is 5.89.